The first-order valence-electron chi connectivity index (χ1n) is 6.33. The van der Waals surface area contributed by atoms with Gasteiger partial charge in [-0.15, -0.1) is 6.58 Å². The first kappa shape index (κ1) is 29.2. The highest BCUT2D eigenvalue weighted by atomic mass is 13.7. The number of hydrogen-bond donors (Lipinski definition) is 0. The van der Waals surface area contributed by atoms with Gasteiger partial charge in [0.05, 0.1) is 0 Å². The van der Waals surface area contributed by atoms with E-state index in [4.69, 9.17) is 0 Å². The Morgan fingerprint density at radius 3 is 0.857 bits per heavy atom. The monoisotopic (exact) mass is 204 g/mol. The molecule has 0 aliphatic rings. The average molecular weight is 204 g/mol. The molecule has 0 nitrogen and oxygen atoms in total. The molecule has 0 aliphatic heterocycles. The molecule has 0 unspecified atom stereocenters. The van der Waals surface area contributed by atoms with E-state index in [9.17, 15) is 0 Å². The molecule has 0 aromatic rings. The second-order valence-corrected chi connectivity index (χ2v) is 2.02. The molecular formula is C14H36. The Labute approximate surface area is 94.8 Å². The fourth-order valence-electron chi connectivity index (χ4n) is 0. The predicted molar refractivity (Wildman–Crippen MR) is 75.1 cm³/mol. The van der Waals surface area contributed by atoms with Crippen molar-refractivity contribution in [3.05, 3.63) is 12.2 Å². The van der Waals surface area contributed by atoms with Crippen LogP contribution < -0.4 is 0 Å². The van der Waals surface area contributed by atoms with Crippen LogP contribution in [0.4, 0.5) is 0 Å². The molecule has 0 aromatic carbocycles. The Bertz CT molecular complexity index is 44.0. The van der Waals surface area contributed by atoms with Gasteiger partial charge in [0.15, 0.2) is 0 Å². The molecular weight excluding hydrogens is 168 g/mol. The van der Waals surface area contributed by atoms with Crippen LogP contribution in [0.1, 0.15) is 82.1 Å². The van der Waals surface area contributed by atoms with E-state index in [0.29, 0.717) is 0 Å². The van der Waals surface area contributed by atoms with Gasteiger partial charge in [0.1, 0.15) is 0 Å². The molecule has 0 spiro atoms. The van der Waals surface area contributed by atoms with Gasteiger partial charge in [-0.05, 0) is 13.3 Å². The number of rotatable bonds is 1. The van der Waals surface area contributed by atoms with Gasteiger partial charge in [0.2, 0.25) is 0 Å². The predicted octanol–water partition coefficient (Wildman–Crippen LogP) is 6.47. The van der Waals surface area contributed by atoms with Crippen molar-refractivity contribution in [2.75, 3.05) is 0 Å². The lowest BCUT2D eigenvalue weighted by Gasteiger charge is -1.79. The zero-order valence-corrected chi connectivity index (χ0v) is 12.6. The maximum absolute atomic E-state index is 3.67. The fourth-order valence-corrected chi connectivity index (χ4v) is 0. The van der Waals surface area contributed by atoms with Crippen LogP contribution in [0, 0.1) is 0 Å². The largest absolute Gasteiger partial charge is 0.100 e. The van der Waals surface area contributed by atoms with Crippen LogP contribution in [0.5, 0.6) is 0 Å². The second-order valence-electron chi connectivity index (χ2n) is 2.02. The van der Waals surface area contributed by atoms with Crippen molar-refractivity contribution >= 4 is 0 Å². The Morgan fingerprint density at radius 1 is 0.786 bits per heavy atom. The summed E-state index contributed by atoms with van der Waals surface area (Å²) in [5.41, 5.74) is 1.25. The summed E-state index contributed by atoms with van der Waals surface area (Å²) >= 11 is 0. The van der Waals surface area contributed by atoms with Crippen LogP contribution in [-0.2, 0) is 0 Å². The molecule has 0 aliphatic carbocycles. The van der Waals surface area contributed by atoms with E-state index < -0.39 is 0 Å². The van der Waals surface area contributed by atoms with Gasteiger partial charge in [-0.3, -0.25) is 0 Å². The third-order valence-electron chi connectivity index (χ3n) is 0.604. The van der Waals surface area contributed by atoms with E-state index in [1.807, 2.05) is 48.5 Å². The summed E-state index contributed by atoms with van der Waals surface area (Å²) in [7, 11) is 0. The van der Waals surface area contributed by atoms with E-state index in [1.54, 1.807) is 0 Å². The fraction of sp³-hybridized carbons (Fsp3) is 0.857. The van der Waals surface area contributed by atoms with Crippen LogP contribution in [-0.4, -0.2) is 0 Å². The third kappa shape index (κ3) is 447. The third-order valence-corrected chi connectivity index (χ3v) is 0.604. The highest BCUT2D eigenvalue weighted by molar-refractivity contribution is 4.84. The van der Waals surface area contributed by atoms with Gasteiger partial charge in [-0.1, -0.05) is 74.3 Å². The van der Waals surface area contributed by atoms with Crippen molar-refractivity contribution in [3.8, 4) is 0 Å². The van der Waals surface area contributed by atoms with Gasteiger partial charge in [-0.2, -0.15) is 0 Å². The molecule has 0 rings (SSSR count). The minimum atomic E-state index is 1.11. The van der Waals surface area contributed by atoms with Crippen molar-refractivity contribution in [2.45, 2.75) is 82.1 Å². The maximum Gasteiger partial charge on any atom is -0.0354 e. The molecule has 0 aromatic heterocycles. The molecule has 0 N–H and O–H groups in total. The van der Waals surface area contributed by atoms with E-state index in [2.05, 4.69) is 27.4 Å². The summed E-state index contributed by atoms with van der Waals surface area (Å²) in [4.78, 5) is 0. The summed E-state index contributed by atoms with van der Waals surface area (Å²) < 4.78 is 0. The maximum atomic E-state index is 3.67. The van der Waals surface area contributed by atoms with Gasteiger partial charge in [0.25, 0.3) is 0 Å². The van der Waals surface area contributed by atoms with Crippen LogP contribution >= 0.6 is 0 Å². The average Bonchev–Trinajstić information content (AvgIpc) is 2.27. The topological polar surface area (TPSA) is 0 Å². The van der Waals surface area contributed by atoms with E-state index in [-0.39, 0.29) is 0 Å². The second kappa shape index (κ2) is 78.2. The Hall–Kier alpha value is -0.260. The van der Waals surface area contributed by atoms with Crippen LogP contribution in [0.3, 0.4) is 0 Å². The Morgan fingerprint density at radius 2 is 0.857 bits per heavy atom. The molecule has 0 heterocycles. The molecule has 0 saturated carbocycles. The van der Waals surface area contributed by atoms with Crippen molar-refractivity contribution in [3.63, 3.8) is 0 Å². The normalized spacial score (nSPS) is 5.29. The van der Waals surface area contributed by atoms with Gasteiger partial charge in [-0.25, -0.2) is 0 Å². The van der Waals surface area contributed by atoms with Crippen LogP contribution in [0.15, 0.2) is 12.2 Å². The smallest absolute Gasteiger partial charge is 0.0354 e. The summed E-state index contributed by atoms with van der Waals surface area (Å²) in [6.45, 7) is 24.1. The first-order valence-corrected chi connectivity index (χ1v) is 6.33. The molecule has 0 heteroatoms. The molecule has 0 atom stereocenters. The van der Waals surface area contributed by atoms with Gasteiger partial charge < -0.3 is 0 Å². The summed E-state index contributed by atoms with van der Waals surface area (Å²) in [6, 6.07) is 0. The molecule has 0 bridgehead atoms. The van der Waals surface area contributed by atoms with Gasteiger partial charge in [0, 0.05) is 0 Å². The molecule has 0 radical (unpaired) electrons. The zero-order chi connectivity index (χ0) is 13.0. The highest BCUT2D eigenvalue weighted by Gasteiger charge is 1.67. The Balaban J connectivity index is -0.0000000263. The number of hydrogen-bond acceptors (Lipinski definition) is 0. The minimum absolute atomic E-state index is 1.11. The minimum Gasteiger partial charge on any atom is -0.100 e. The summed E-state index contributed by atoms with van der Waals surface area (Å²) in [5, 5.41) is 0. The number of allylic oxidation sites excluding steroid dienone is 1. The molecule has 14 heavy (non-hydrogen) atoms. The molecule has 0 saturated heterocycles. The lowest BCUT2D eigenvalue weighted by Crippen LogP contribution is -1.58. The lowest BCUT2D eigenvalue weighted by atomic mass is 10.3. The molecule has 0 amide bonds. The zero-order valence-electron chi connectivity index (χ0n) is 12.6. The van der Waals surface area contributed by atoms with Crippen molar-refractivity contribution in [2.24, 2.45) is 0 Å². The SMILES string of the molecule is C=C(C)CC.CC.CC.CC.CCC. The Kier molecular flexibility index (Phi) is 163. The van der Waals surface area contributed by atoms with Crippen molar-refractivity contribution in [1.82, 2.24) is 0 Å². The van der Waals surface area contributed by atoms with Gasteiger partial charge >= 0.3 is 0 Å². The van der Waals surface area contributed by atoms with Crippen molar-refractivity contribution < 1.29 is 0 Å². The van der Waals surface area contributed by atoms with E-state index >= 15 is 0 Å². The summed E-state index contributed by atoms with van der Waals surface area (Å²) in [5.74, 6) is 0. The van der Waals surface area contributed by atoms with E-state index in [0.717, 1.165) is 6.42 Å². The van der Waals surface area contributed by atoms with Crippen LogP contribution in [0.25, 0.3) is 0 Å². The highest BCUT2D eigenvalue weighted by Crippen LogP contribution is 1.88. The lowest BCUT2D eigenvalue weighted by molar-refractivity contribution is 1.09. The quantitative estimate of drug-likeness (QED) is 0.429. The van der Waals surface area contributed by atoms with E-state index in [1.165, 1.54) is 12.0 Å². The first-order chi connectivity index (χ1) is 6.68. The molecule has 0 fully saturated rings. The standard InChI is InChI=1S/C5H10.C3H8.3C2H6/c1-4-5(2)3;1-3-2;3*1-2/h2,4H2,1,3H3;3H2,1-2H3;3*1-2H3. The van der Waals surface area contributed by atoms with Crippen molar-refractivity contribution in [1.29, 1.82) is 0 Å². The van der Waals surface area contributed by atoms with Crippen LogP contribution in [0.2, 0.25) is 0 Å². The molecule has 92 valence electrons. The summed E-state index contributed by atoms with van der Waals surface area (Å²) in [6.07, 6.45) is 2.36.